The number of hydrogen-bond donors (Lipinski definition) is 1. The van der Waals surface area contributed by atoms with Gasteiger partial charge >= 0.3 is 0 Å². The number of halogens is 1. The lowest BCUT2D eigenvalue weighted by molar-refractivity contribution is -0.148. The molecule has 5 heteroatoms. The molecule has 1 unspecified atom stereocenters. The average molecular weight is 325 g/mol. The summed E-state index contributed by atoms with van der Waals surface area (Å²) in [6.07, 6.45) is 0. The summed E-state index contributed by atoms with van der Waals surface area (Å²) in [5, 5.41) is 2.65. The van der Waals surface area contributed by atoms with Crippen LogP contribution < -0.4 is 5.32 Å². The number of nitrogens with one attached hydrogen (secondary N) is 1. The minimum Gasteiger partial charge on any atom is -0.345 e. The molecule has 0 aliphatic carbocycles. The van der Waals surface area contributed by atoms with Crippen molar-refractivity contribution in [3.8, 4) is 0 Å². The molecular formula is C14H17BrN2O2. The molecule has 1 fully saturated rings. The van der Waals surface area contributed by atoms with Crippen molar-refractivity contribution in [2.75, 3.05) is 6.54 Å². The summed E-state index contributed by atoms with van der Waals surface area (Å²) in [6.45, 7) is 4.48. The van der Waals surface area contributed by atoms with E-state index in [1.165, 1.54) is 0 Å². The third-order valence-electron chi connectivity index (χ3n) is 3.24. The van der Waals surface area contributed by atoms with Gasteiger partial charge in [-0.05, 0) is 23.6 Å². The van der Waals surface area contributed by atoms with Gasteiger partial charge < -0.3 is 10.2 Å². The summed E-state index contributed by atoms with van der Waals surface area (Å²) < 4.78 is 0.999. The highest BCUT2D eigenvalue weighted by atomic mass is 79.9. The Bertz CT molecular complexity index is 485. The van der Waals surface area contributed by atoms with Gasteiger partial charge in [0.05, 0.1) is 6.54 Å². The van der Waals surface area contributed by atoms with Gasteiger partial charge in [-0.2, -0.15) is 0 Å². The zero-order chi connectivity index (χ0) is 14.0. The number of carbonyl (C=O) groups excluding carboxylic acids is 2. The topological polar surface area (TPSA) is 49.4 Å². The Hall–Kier alpha value is -1.36. The van der Waals surface area contributed by atoms with Crippen molar-refractivity contribution < 1.29 is 9.59 Å². The predicted octanol–water partition coefficient (Wildman–Crippen LogP) is 1.93. The van der Waals surface area contributed by atoms with Gasteiger partial charge in [0, 0.05) is 11.0 Å². The fraction of sp³-hybridized carbons (Fsp3) is 0.429. The van der Waals surface area contributed by atoms with E-state index in [-0.39, 0.29) is 30.3 Å². The molecule has 2 rings (SSSR count). The van der Waals surface area contributed by atoms with Gasteiger partial charge in [0.1, 0.15) is 6.04 Å². The molecule has 1 heterocycles. The number of carbonyl (C=O) groups is 2. The number of amides is 2. The number of rotatable bonds is 3. The lowest BCUT2D eigenvalue weighted by Gasteiger charge is -2.37. The predicted molar refractivity (Wildman–Crippen MR) is 76.3 cm³/mol. The normalized spacial score (nSPS) is 19.8. The Morgan fingerprint density at radius 1 is 1.32 bits per heavy atom. The van der Waals surface area contributed by atoms with Crippen LogP contribution in [0.5, 0.6) is 0 Å². The third-order valence-corrected chi connectivity index (χ3v) is 3.76. The Morgan fingerprint density at radius 2 is 1.95 bits per heavy atom. The fourth-order valence-electron chi connectivity index (χ4n) is 2.30. The summed E-state index contributed by atoms with van der Waals surface area (Å²) in [5.41, 5.74) is 1.02. The molecule has 1 atom stereocenters. The molecular weight excluding hydrogens is 308 g/mol. The second-order valence-electron chi connectivity index (χ2n) is 5.05. The molecule has 4 nitrogen and oxygen atoms in total. The third kappa shape index (κ3) is 3.15. The molecule has 1 N–H and O–H groups in total. The van der Waals surface area contributed by atoms with E-state index in [1.807, 2.05) is 38.1 Å². The van der Waals surface area contributed by atoms with Gasteiger partial charge in [0.25, 0.3) is 0 Å². The zero-order valence-electron chi connectivity index (χ0n) is 11.0. The standard InChI is InChI=1S/C14H17BrN2O2/c1-9(2)13-14(19)16-7-12(18)17(13)8-10-3-5-11(15)6-4-10/h3-6,9,13H,7-8H2,1-2H3,(H,16,19). The second kappa shape index (κ2) is 5.74. The van der Waals surface area contributed by atoms with Gasteiger partial charge in [-0.3, -0.25) is 9.59 Å². The number of piperazine rings is 1. The van der Waals surface area contributed by atoms with Gasteiger partial charge in [0.15, 0.2) is 0 Å². The Kier molecular flexibility index (Phi) is 4.24. The van der Waals surface area contributed by atoms with E-state index >= 15 is 0 Å². The van der Waals surface area contributed by atoms with Crippen molar-refractivity contribution in [1.29, 1.82) is 0 Å². The van der Waals surface area contributed by atoms with Crippen LogP contribution in [0.4, 0.5) is 0 Å². The Morgan fingerprint density at radius 3 is 2.53 bits per heavy atom. The van der Waals surface area contributed by atoms with Crippen LogP contribution in [-0.4, -0.2) is 29.3 Å². The summed E-state index contributed by atoms with van der Waals surface area (Å²) in [5.74, 6) is 0.00706. The van der Waals surface area contributed by atoms with Gasteiger partial charge in [-0.1, -0.05) is 41.9 Å². The second-order valence-corrected chi connectivity index (χ2v) is 5.97. The van der Waals surface area contributed by atoms with E-state index in [1.54, 1.807) is 4.90 Å². The number of hydrogen-bond acceptors (Lipinski definition) is 2. The maximum absolute atomic E-state index is 12.0. The first-order chi connectivity index (χ1) is 8.99. The summed E-state index contributed by atoms with van der Waals surface area (Å²) >= 11 is 3.38. The molecule has 0 radical (unpaired) electrons. The van der Waals surface area contributed by atoms with Crippen molar-refractivity contribution in [3.05, 3.63) is 34.3 Å². The van der Waals surface area contributed by atoms with Crippen LogP contribution in [0.3, 0.4) is 0 Å². The van der Waals surface area contributed by atoms with Gasteiger partial charge in [-0.25, -0.2) is 0 Å². The Balaban J connectivity index is 2.21. The molecule has 1 aromatic carbocycles. The quantitative estimate of drug-likeness (QED) is 0.923. The highest BCUT2D eigenvalue weighted by molar-refractivity contribution is 9.10. The van der Waals surface area contributed by atoms with Crippen LogP contribution in [0.1, 0.15) is 19.4 Å². The van der Waals surface area contributed by atoms with Crippen molar-refractivity contribution in [3.63, 3.8) is 0 Å². The minimum absolute atomic E-state index is 0.0266. The molecule has 1 saturated heterocycles. The monoisotopic (exact) mass is 324 g/mol. The van der Waals surface area contributed by atoms with Crippen LogP contribution in [0.15, 0.2) is 28.7 Å². The summed E-state index contributed by atoms with van der Waals surface area (Å²) in [4.78, 5) is 25.6. The first-order valence-corrected chi connectivity index (χ1v) is 7.10. The van der Waals surface area contributed by atoms with Crippen molar-refractivity contribution in [2.45, 2.75) is 26.4 Å². The number of benzene rings is 1. The Labute approximate surface area is 121 Å². The van der Waals surface area contributed by atoms with Crippen LogP contribution >= 0.6 is 15.9 Å². The van der Waals surface area contributed by atoms with Gasteiger partial charge in [0.2, 0.25) is 11.8 Å². The van der Waals surface area contributed by atoms with Crippen LogP contribution in [0, 0.1) is 5.92 Å². The molecule has 19 heavy (non-hydrogen) atoms. The van der Waals surface area contributed by atoms with Crippen LogP contribution in [0.25, 0.3) is 0 Å². The van der Waals surface area contributed by atoms with E-state index in [9.17, 15) is 9.59 Å². The van der Waals surface area contributed by atoms with Crippen molar-refractivity contribution in [1.82, 2.24) is 10.2 Å². The lowest BCUT2D eigenvalue weighted by atomic mass is 9.98. The number of nitrogens with zero attached hydrogens (tertiary/aromatic N) is 1. The van der Waals surface area contributed by atoms with E-state index in [0.717, 1.165) is 10.0 Å². The smallest absolute Gasteiger partial charge is 0.243 e. The van der Waals surface area contributed by atoms with Gasteiger partial charge in [-0.15, -0.1) is 0 Å². The molecule has 0 saturated carbocycles. The highest BCUT2D eigenvalue weighted by Crippen LogP contribution is 2.19. The maximum Gasteiger partial charge on any atom is 0.243 e. The maximum atomic E-state index is 12.0. The fourth-order valence-corrected chi connectivity index (χ4v) is 2.57. The molecule has 1 aliphatic rings. The average Bonchev–Trinajstić information content (AvgIpc) is 2.36. The van der Waals surface area contributed by atoms with E-state index in [4.69, 9.17) is 0 Å². The van der Waals surface area contributed by atoms with E-state index in [0.29, 0.717) is 6.54 Å². The zero-order valence-corrected chi connectivity index (χ0v) is 12.6. The van der Waals surface area contributed by atoms with Crippen molar-refractivity contribution in [2.24, 2.45) is 5.92 Å². The van der Waals surface area contributed by atoms with Crippen LogP contribution in [0.2, 0.25) is 0 Å². The first kappa shape index (κ1) is 14.1. The first-order valence-electron chi connectivity index (χ1n) is 6.30. The lowest BCUT2D eigenvalue weighted by Crippen LogP contribution is -2.59. The molecule has 1 aliphatic heterocycles. The SMILES string of the molecule is CC(C)C1C(=O)NCC(=O)N1Cc1ccc(Br)cc1. The summed E-state index contributed by atoms with van der Waals surface area (Å²) in [6, 6.07) is 7.41. The minimum atomic E-state index is -0.384. The molecule has 0 aromatic heterocycles. The van der Waals surface area contributed by atoms with E-state index in [2.05, 4.69) is 21.2 Å². The molecule has 0 bridgehead atoms. The largest absolute Gasteiger partial charge is 0.345 e. The molecule has 102 valence electrons. The summed E-state index contributed by atoms with van der Waals surface area (Å²) in [7, 11) is 0. The van der Waals surface area contributed by atoms with E-state index < -0.39 is 0 Å². The molecule has 2 amide bonds. The highest BCUT2D eigenvalue weighted by Gasteiger charge is 2.36. The molecule has 0 spiro atoms. The van der Waals surface area contributed by atoms with Crippen molar-refractivity contribution >= 4 is 27.7 Å². The van der Waals surface area contributed by atoms with Crippen LogP contribution in [-0.2, 0) is 16.1 Å². The molecule has 1 aromatic rings.